The van der Waals surface area contributed by atoms with E-state index in [1.807, 2.05) is 18.2 Å². The number of methoxy groups -OCH3 is 1. The highest BCUT2D eigenvalue weighted by molar-refractivity contribution is 5.43. The highest BCUT2D eigenvalue weighted by atomic mass is 16.6. The van der Waals surface area contributed by atoms with Gasteiger partial charge < -0.3 is 14.3 Å². The molecule has 1 saturated carbocycles. The maximum absolute atomic E-state index is 5.77. The van der Waals surface area contributed by atoms with E-state index in [1.54, 1.807) is 7.11 Å². The summed E-state index contributed by atoms with van der Waals surface area (Å²) in [6, 6.07) is 5.91. The van der Waals surface area contributed by atoms with Crippen LogP contribution in [0.4, 0.5) is 0 Å². The summed E-state index contributed by atoms with van der Waals surface area (Å²) in [5.74, 6) is 6.61. The van der Waals surface area contributed by atoms with Crippen molar-refractivity contribution < 1.29 is 14.3 Å². The van der Waals surface area contributed by atoms with Gasteiger partial charge in [-0.05, 0) is 37.0 Å². The molecule has 1 aliphatic rings. The first kappa shape index (κ1) is 11.2. The van der Waals surface area contributed by atoms with Gasteiger partial charge in [0.05, 0.1) is 19.8 Å². The predicted molar refractivity (Wildman–Crippen MR) is 60.5 cm³/mol. The number of nitrogens with two attached hydrogens (primary N) is 1. The van der Waals surface area contributed by atoms with E-state index in [0.717, 1.165) is 36.3 Å². The van der Waals surface area contributed by atoms with E-state index < -0.39 is 0 Å². The van der Waals surface area contributed by atoms with E-state index in [4.69, 9.17) is 15.4 Å². The molecule has 88 valence electrons. The Morgan fingerprint density at radius 3 is 2.75 bits per heavy atom. The highest BCUT2D eigenvalue weighted by Crippen LogP contribution is 2.34. The number of ether oxygens (including phenoxy) is 2. The molecule has 4 nitrogen and oxygen atoms in total. The van der Waals surface area contributed by atoms with Gasteiger partial charge in [-0.15, -0.1) is 0 Å². The van der Waals surface area contributed by atoms with Crippen LogP contribution in [-0.4, -0.2) is 19.8 Å². The van der Waals surface area contributed by atoms with Gasteiger partial charge in [-0.25, -0.2) is 5.90 Å². The largest absolute Gasteiger partial charge is 0.493 e. The fourth-order valence-corrected chi connectivity index (χ4v) is 1.51. The summed E-state index contributed by atoms with van der Waals surface area (Å²) >= 11 is 0. The number of benzene rings is 1. The minimum absolute atomic E-state index is 0.370. The number of hydrogen-bond acceptors (Lipinski definition) is 4. The predicted octanol–water partition coefficient (Wildman–Crippen LogP) is 1.67. The molecule has 0 saturated heterocycles. The van der Waals surface area contributed by atoms with Gasteiger partial charge >= 0.3 is 0 Å². The Morgan fingerprint density at radius 2 is 2.12 bits per heavy atom. The van der Waals surface area contributed by atoms with Gasteiger partial charge in [-0.1, -0.05) is 6.07 Å². The normalized spacial score (nSPS) is 14.9. The quantitative estimate of drug-likeness (QED) is 0.745. The monoisotopic (exact) mass is 223 g/mol. The van der Waals surface area contributed by atoms with Crippen molar-refractivity contribution in [2.24, 2.45) is 5.90 Å². The van der Waals surface area contributed by atoms with Crippen LogP contribution in [0, 0.1) is 0 Å². The summed E-state index contributed by atoms with van der Waals surface area (Å²) in [7, 11) is 1.65. The molecule has 4 heteroatoms. The maximum atomic E-state index is 5.77. The lowest BCUT2D eigenvalue weighted by molar-refractivity contribution is 0.141. The van der Waals surface area contributed by atoms with Crippen LogP contribution in [0.3, 0.4) is 0 Å². The van der Waals surface area contributed by atoms with E-state index >= 15 is 0 Å². The summed E-state index contributed by atoms with van der Waals surface area (Å²) in [4.78, 5) is 4.56. The lowest BCUT2D eigenvalue weighted by Crippen LogP contribution is -2.04. The van der Waals surface area contributed by atoms with Crippen LogP contribution in [0.15, 0.2) is 18.2 Å². The molecule has 0 amide bonds. The third-order valence-corrected chi connectivity index (χ3v) is 2.55. The molecule has 2 N–H and O–H groups in total. The Balaban J connectivity index is 2.09. The second-order valence-corrected chi connectivity index (χ2v) is 3.92. The molecule has 0 bridgehead atoms. The summed E-state index contributed by atoms with van der Waals surface area (Å²) in [6.07, 6.45) is 3.43. The summed E-state index contributed by atoms with van der Waals surface area (Å²) in [5, 5.41) is 0. The van der Waals surface area contributed by atoms with Gasteiger partial charge in [0.1, 0.15) is 0 Å². The lowest BCUT2D eigenvalue weighted by atomic mass is 10.1. The van der Waals surface area contributed by atoms with Crippen LogP contribution in [0.2, 0.25) is 0 Å². The first-order chi connectivity index (χ1) is 7.83. The summed E-state index contributed by atoms with van der Waals surface area (Å²) < 4.78 is 11.0. The van der Waals surface area contributed by atoms with Gasteiger partial charge in [0.25, 0.3) is 0 Å². The van der Waals surface area contributed by atoms with E-state index in [-0.39, 0.29) is 0 Å². The van der Waals surface area contributed by atoms with Crippen molar-refractivity contribution in [2.45, 2.75) is 25.4 Å². The van der Waals surface area contributed by atoms with E-state index in [1.165, 1.54) is 0 Å². The molecule has 1 aromatic carbocycles. The Labute approximate surface area is 95.2 Å². The molecule has 1 aliphatic carbocycles. The third kappa shape index (κ3) is 2.87. The maximum Gasteiger partial charge on any atom is 0.161 e. The summed E-state index contributed by atoms with van der Waals surface area (Å²) in [5.41, 5.74) is 1.14. The molecule has 2 rings (SSSR count). The van der Waals surface area contributed by atoms with Crippen molar-refractivity contribution in [1.29, 1.82) is 0 Å². The molecule has 0 spiro atoms. The second-order valence-electron chi connectivity index (χ2n) is 3.92. The van der Waals surface area contributed by atoms with Gasteiger partial charge in [0.15, 0.2) is 11.5 Å². The smallest absolute Gasteiger partial charge is 0.161 e. The fraction of sp³-hybridized carbons (Fsp3) is 0.500. The van der Waals surface area contributed by atoms with Crippen LogP contribution in [-0.2, 0) is 11.3 Å². The topological polar surface area (TPSA) is 53.7 Å². The average molecular weight is 223 g/mol. The van der Waals surface area contributed by atoms with Crippen molar-refractivity contribution in [3.05, 3.63) is 23.8 Å². The standard InChI is InChI=1S/C12H17NO3/c1-14-11-5-2-9(6-7-15-13)8-12(11)16-10-3-4-10/h2,5,8,10H,3-4,6-7,13H2,1H3. The fourth-order valence-electron chi connectivity index (χ4n) is 1.51. The molecule has 1 fully saturated rings. The van der Waals surface area contributed by atoms with Crippen LogP contribution in [0.25, 0.3) is 0 Å². The Morgan fingerprint density at radius 1 is 1.31 bits per heavy atom. The van der Waals surface area contributed by atoms with Crippen molar-refractivity contribution in [1.82, 2.24) is 0 Å². The second kappa shape index (κ2) is 5.18. The van der Waals surface area contributed by atoms with Crippen LogP contribution in [0.5, 0.6) is 11.5 Å². The average Bonchev–Trinajstić information content (AvgIpc) is 3.10. The van der Waals surface area contributed by atoms with E-state index in [2.05, 4.69) is 4.84 Å². The molecule has 16 heavy (non-hydrogen) atoms. The third-order valence-electron chi connectivity index (χ3n) is 2.55. The van der Waals surface area contributed by atoms with E-state index in [9.17, 15) is 0 Å². The molecule has 0 atom stereocenters. The van der Waals surface area contributed by atoms with Crippen molar-refractivity contribution in [3.63, 3.8) is 0 Å². The SMILES string of the molecule is COc1ccc(CCON)cc1OC1CC1. The molecule has 0 radical (unpaired) electrons. The van der Waals surface area contributed by atoms with Crippen molar-refractivity contribution >= 4 is 0 Å². The minimum Gasteiger partial charge on any atom is -0.493 e. The van der Waals surface area contributed by atoms with Crippen LogP contribution >= 0.6 is 0 Å². The van der Waals surface area contributed by atoms with Crippen LogP contribution in [0.1, 0.15) is 18.4 Å². The molecule has 0 heterocycles. The zero-order valence-corrected chi connectivity index (χ0v) is 9.44. The van der Waals surface area contributed by atoms with Crippen molar-refractivity contribution in [3.8, 4) is 11.5 Å². The van der Waals surface area contributed by atoms with Crippen molar-refractivity contribution in [2.75, 3.05) is 13.7 Å². The summed E-state index contributed by atoms with van der Waals surface area (Å²) in [6.45, 7) is 0.509. The number of rotatable bonds is 6. The molecule has 0 aromatic heterocycles. The van der Waals surface area contributed by atoms with E-state index in [0.29, 0.717) is 12.7 Å². The Kier molecular flexibility index (Phi) is 3.64. The van der Waals surface area contributed by atoms with Gasteiger partial charge in [-0.3, -0.25) is 0 Å². The zero-order chi connectivity index (χ0) is 11.4. The van der Waals surface area contributed by atoms with Gasteiger partial charge in [0.2, 0.25) is 0 Å². The first-order valence-corrected chi connectivity index (χ1v) is 5.48. The first-order valence-electron chi connectivity index (χ1n) is 5.48. The van der Waals surface area contributed by atoms with Crippen LogP contribution < -0.4 is 15.4 Å². The molecule has 0 aliphatic heterocycles. The Hall–Kier alpha value is -1.26. The Bertz CT molecular complexity index is 350. The molecular formula is C12H17NO3. The number of hydrogen-bond donors (Lipinski definition) is 1. The minimum atomic E-state index is 0.370. The van der Waals surface area contributed by atoms with Gasteiger partial charge in [-0.2, -0.15) is 0 Å². The molecular weight excluding hydrogens is 206 g/mol. The lowest BCUT2D eigenvalue weighted by Gasteiger charge is -2.11. The highest BCUT2D eigenvalue weighted by Gasteiger charge is 2.24. The zero-order valence-electron chi connectivity index (χ0n) is 9.44. The molecule has 0 unspecified atom stereocenters. The van der Waals surface area contributed by atoms with Gasteiger partial charge in [0, 0.05) is 0 Å². The molecule has 1 aromatic rings.